The first-order chi connectivity index (χ1) is 6.72. The molecule has 0 aromatic carbocycles. The largest absolute Gasteiger partial charge is 0.469 e. The Morgan fingerprint density at radius 2 is 2.57 bits per heavy atom. The molecule has 2 rings (SSSR count). The maximum Gasteiger partial charge on any atom is 0.314 e. The summed E-state index contributed by atoms with van der Waals surface area (Å²) in [5, 5.41) is 3.21. The fourth-order valence-electron chi connectivity index (χ4n) is 1.63. The van der Waals surface area contributed by atoms with Crippen LogP contribution in [0.2, 0.25) is 0 Å². The molecule has 0 amide bonds. The van der Waals surface area contributed by atoms with Gasteiger partial charge in [0.1, 0.15) is 0 Å². The molecule has 2 heterocycles. The van der Waals surface area contributed by atoms with E-state index < -0.39 is 0 Å². The lowest BCUT2D eigenvalue weighted by Crippen LogP contribution is -2.32. The van der Waals surface area contributed by atoms with E-state index in [1.807, 2.05) is 6.07 Å². The molecule has 0 radical (unpaired) electrons. The predicted octanol–water partition coefficient (Wildman–Crippen LogP) is 1.87. The molecule has 3 nitrogen and oxygen atoms in total. The van der Waals surface area contributed by atoms with E-state index in [1.165, 1.54) is 12.0 Å². The van der Waals surface area contributed by atoms with Gasteiger partial charge in [-0.2, -0.15) is 0 Å². The van der Waals surface area contributed by atoms with Crippen LogP contribution in [0.15, 0.2) is 9.85 Å². The number of hydrogen-bond acceptors (Lipinski definition) is 4. The summed E-state index contributed by atoms with van der Waals surface area (Å²) >= 11 is 5.10. The monoisotopic (exact) mass is 275 g/mol. The number of esters is 1. The molecule has 1 aliphatic rings. The number of halogens is 1. The van der Waals surface area contributed by atoms with Crippen molar-refractivity contribution >= 4 is 33.2 Å². The van der Waals surface area contributed by atoms with Crippen molar-refractivity contribution in [3.63, 3.8) is 0 Å². The van der Waals surface area contributed by atoms with E-state index in [9.17, 15) is 4.79 Å². The van der Waals surface area contributed by atoms with Crippen molar-refractivity contribution < 1.29 is 9.53 Å². The summed E-state index contributed by atoms with van der Waals surface area (Å²) in [4.78, 5) is 12.7. The Morgan fingerprint density at radius 1 is 1.79 bits per heavy atom. The molecule has 1 N–H and O–H groups in total. The first kappa shape index (κ1) is 10.1. The van der Waals surface area contributed by atoms with E-state index in [0.717, 1.165) is 15.9 Å². The molecule has 14 heavy (non-hydrogen) atoms. The number of hydrogen-bond donors (Lipinski definition) is 1. The Kier molecular flexibility index (Phi) is 2.90. The predicted molar refractivity (Wildman–Crippen MR) is 58.5 cm³/mol. The molecule has 1 aromatic rings. The Hall–Kier alpha value is -0.390. The summed E-state index contributed by atoms with van der Waals surface area (Å²) in [6.45, 7) is 1.52. The van der Waals surface area contributed by atoms with Gasteiger partial charge in [-0.1, -0.05) is 0 Å². The molecule has 1 unspecified atom stereocenters. The fraction of sp³-hybridized carbons (Fsp3) is 0.444. The zero-order valence-electron chi connectivity index (χ0n) is 7.67. The molecule has 0 saturated carbocycles. The molecule has 76 valence electrons. The van der Waals surface area contributed by atoms with Crippen LogP contribution in [0.3, 0.4) is 0 Å². The molecular weight excluding hydrogens is 266 g/mol. The van der Waals surface area contributed by atoms with Crippen LogP contribution in [0.5, 0.6) is 0 Å². The molecule has 5 heteroatoms. The lowest BCUT2D eigenvalue weighted by atomic mass is 9.97. The van der Waals surface area contributed by atoms with Crippen LogP contribution >= 0.6 is 27.3 Å². The molecule has 1 aromatic heterocycles. The third-order valence-corrected chi connectivity index (χ3v) is 3.96. The summed E-state index contributed by atoms with van der Waals surface area (Å²) in [5.74, 6) is -0.310. The number of nitrogens with one attached hydrogen (secondary N) is 1. The van der Waals surface area contributed by atoms with Crippen molar-refractivity contribution in [2.24, 2.45) is 0 Å². The van der Waals surface area contributed by atoms with Crippen molar-refractivity contribution in [1.82, 2.24) is 5.32 Å². The normalized spacial score (nSPS) is 20.3. The smallest absolute Gasteiger partial charge is 0.314 e. The summed E-state index contributed by atoms with van der Waals surface area (Å²) in [6.07, 6.45) is 0. The average Bonchev–Trinajstić information content (AvgIpc) is 2.56. The number of methoxy groups -OCH3 is 1. The van der Waals surface area contributed by atoms with Crippen LogP contribution in [0.4, 0.5) is 0 Å². The number of ether oxygens (including phenoxy) is 1. The van der Waals surface area contributed by atoms with Gasteiger partial charge in [-0.05, 0) is 27.6 Å². The molecule has 1 atom stereocenters. The van der Waals surface area contributed by atoms with Gasteiger partial charge in [0.25, 0.3) is 0 Å². The molecular formula is C9H10BrNO2S. The van der Waals surface area contributed by atoms with Crippen molar-refractivity contribution in [2.75, 3.05) is 13.7 Å². The number of rotatable bonds is 1. The maximum atomic E-state index is 11.5. The second-order valence-electron chi connectivity index (χ2n) is 3.14. The molecule has 0 bridgehead atoms. The third-order valence-electron chi connectivity index (χ3n) is 2.31. The summed E-state index contributed by atoms with van der Waals surface area (Å²) in [5.41, 5.74) is 1.10. The highest BCUT2D eigenvalue weighted by molar-refractivity contribution is 9.11. The van der Waals surface area contributed by atoms with Gasteiger partial charge in [0.2, 0.25) is 0 Å². The Balaban J connectivity index is 2.34. The number of carbonyl (C=O) groups is 1. The van der Waals surface area contributed by atoms with E-state index in [-0.39, 0.29) is 11.9 Å². The van der Waals surface area contributed by atoms with Gasteiger partial charge in [-0.15, -0.1) is 11.3 Å². The van der Waals surface area contributed by atoms with E-state index >= 15 is 0 Å². The zero-order chi connectivity index (χ0) is 10.1. The van der Waals surface area contributed by atoms with Crippen LogP contribution in [0, 0.1) is 0 Å². The van der Waals surface area contributed by atoms with Crippen molar-refractivity contribution in [3.8, 4) is 0 Å². The van der Waals surface area contributed by atoms with Crippen molar-refractivity contribution in [2.45, 2.75) is 12.5 Å². The zero-order valence-corrected chi connectivity index (χ0v) is 10.1. The highest BCUT2D eigenvalue weighted by atomic mass is 79.9. The van der Waals surface area contributed by atoms with Gasteiger partial charge in [0, 0.05) is 18.0 Å². The number of carbonyl (C=O) groups excluding carboxylic acids is 1. The van der Waals surface area contributed by atoms with E-state index in [4.69, 9.17) is 4.74 Å². The molecule has 0 spiro atoms. The average molecular weight is 276 g/mol. The summed E-state index contributed by atoms with van der Waals surface area (Å²) in [7, 11) is 1.43. The second kappa shape index (κ2) is 4.00. The Morgan fingerprint density at radius 3 is 3.29 bits per heavy atom. The Bertz CT molecular complexity index is 364. The van der Waals surface area contributed by atoms with Crippen LogP contribution in [-0.2, 0) is 16.1 Å². The molecule has 0 saturated heterocycles. The first-order valence-electron chi connectivity index (χ1n) is 4.29. The lowest BCUT2D eigenvalue weighted by Gasteiger charge is -2.20. The van der Waals surface area contributed by atoms with Gasteiger partial charge < -0.3 is 10.1 Å². The SMILES string of the molecule is COC(=O)C1CNCc2sc(Br)cc21. The lowest BCUT2D eigenvalue weighted by molar-refractivity contribution is -0.142. The highest BCUT2D eigenvalue weighted by Crippen LogP contribution is 2.34. The fourth-order valence-corrected chi connectivity index (χ4v) is 3.38. The number of thiophene rings is 1. The minimum atomic E-state index is -0.163. The van der Waals surface area contributed by atoms with Crippen LogP contribution in [0.25, 0.3) is 0 Å². The highest BCUT2D eigenvalue weighted by Gasteiger charge is 2.28. The quantitative estimate of drug-likeness (QED) is 0.796. The molecule has 1 aliphatic heterocycles. The topological polar surface area (TPSA) is 38.3 Å². The number of fused-ring (bicyclic) bond motifs is 1. The molecule has 0 aliphatic carbocycles. The van der Waals surface area contributed by atoms with Gasteiger partial charge >= 0.3 is 5.97 Å². The van der Waals surface area contributed by atoms with Crippen LogP contribution in [-0.4, -0.2) is 19.6 Å². The third kappa shape index (κ3) is 1.71. The van der Waals surface area contributed by atoms with Gasteiger partial charge in [-0.25, -0.2) is 0 Å². The van der Waals surface area contributed by atoms with E-state index in [2.05, 4.69) is 21.2 Å². The first-order valence-corrected chi connectivity index (χ1v) is 5.90. The Labute approximate surface area is 94.6 Å². The van der Waals surface area contributed by atoms with Crippen LogP contribution < -0.4 is 5.32 Å². The van der Waals surface area contributed by atoms with E-state index in [1.54, 1.807) is 11.3 Å². The van der Waals surface area contributed by atoms with E-state index in [0.29, 0.717) is 6.54 Å². The van der Waals surface area contributed by atoms with Gasteiger partial charge in [-0.3, -0.25) is 4.79 Å². The minimum absolute atomic E-state index is 0.147. The minimum Gasteiger partial charge on any atom is -0.469 e. The summed E-state index contributed by atoms with van der Waals surface area (Å²) < 4.78 is 5.84. The van der Waals surface area contributed by atoms with Gasteiger partial charge in [0.15, 0.2) is 0 Å². The van der Waals surface area contributed by atoms with Crippen LogP contribution in [0.1, 0.15) is 16.4 Å². The standard InChI is InChI=1S/C9H10BrNO2S/c1-13-9(12)6-3-11-4-7-5(6)2-8(10)14-7/h2,6,11H,3-4H2,1H3. The second-order valence-corrected chi connectivity index (χ2v) is 5.65. The maximum absolute atomic E-state index is 11.5. The molecule has 0 fully saturated rings. The van der Waals surface area contributed by atoms with Crippen molar-refractivity contribution in [3.05, 3.63) is 20.3 Å². The van der Waals surface area contributed by atoms with Gasteiger partial charge in [0.05, 0.1) is 16.8 Å². The van der Waals surface area contributed by atoms with Crippen molar-refractivity contribution in [1.29, 1.82) is 0 Å². The summed E-state index contributed by atoms with van der Waals surface area (Å²) in [6, 6.07) is 2.02.